The molecule has 92 valence electrons. The first-order valence-corrected chi connectivity index (χ1v) is 6.34. The third kappa shape index (κ3) is 1.98. The standard InChI is InChI=1S/C14H18FNO/c1-14(8-12-3-2-6-16-12)13-7-11(15)5-4-10(13)9-17-14/h4-5,7,12,16H,2-3,6,8-9H2,1H3. The maximum Gasteiger partial charge on any atom is 0.123 e. The van der Waals surface area contributed by atoms with E-state index in [1.165, 1.54) is 18.9 Å². The fourth-order valence-electron chi connectivity index (χ4n) is 3.05. The van der Waals surface area contributed by atoms with Gasteiger partial charge in [-0.05, 0) is 56.0 Å². The average molecular weight is 235 g/mol. The number of rotatable bonds is 2. The lowest BCUT2D eigenvalue weighted by Gasteiger charge is -2.28. The zero-order chi connectivity index (χ0) is 11.9. The largest absolute Gasteiger partial charge is 0.366 e. The minimum atomic E-state index is -0.320. The Kier molecular flexibility index (Phi) is 2.68. The number of fused-ring (bicyclic) bond motifs is 1. The Labute approximate surface area is 101 Å². The van der Waals surface area contributed by atoms with Crippen LogP contribution >= 0.6 is 0 Å². The summed E-state index contributed by atoms with van der Waals surface area (Å²) in [6, 6.07) is 5.51. The van der Waals surface area contributed by atoms with Crippen LogP contribution in [0.25, 0.3) is 0 Å². The molecule has 0 radical (unpaired) electrons. The van der Waals surface area contributed by atoms with Gasteiger partial charge in [-0.3, -0.25) is 0 Å². The van der Waals surface area contributed by atoms with Gasteiger partial charge in [-0.25, -0.2) is 4.39 Å². The first-order chi connectivity index (χ1) is 8.17. The van der Waals surface area contributed by atoms with Crippen molar-refractivity contribution in [1.29, 1.82) is 0 Å². The van der Waals surface area contributed by atoms with Gasteiger partial charge in [0.05, 0.1) is 12.2 Å². The summed E-state index contributed by atoms with van der Waals surface area (Å²) in [7, 11) is 0. The molecule has 0 amide bonds. The molecule has 0 aliphatic carbocycles. The summed E-state index contributed by atoms with van der Waals surface area (Å²) in [5, 5.41) is 3.48. The van der Waals surface area contributed by atoms with Crippen molar-refractivity contribution in [2.45, 2.75) is 44.4 Å². The van der Waals surface area contributed by atoms with Crippen LogP contribution in [-0.2, 0) is 16.9 Å². The number of halogens is 1. The normalized spacial score (nSPS) is 31.8. The minimum Gasteiger partial charge on any atom is -0.366 e. The van der Waals surface area contributed by atoms with Crippen LogP contribution < -0.4 is 5.32 Å². The first kappa shape index (κ1) is 11.2. The topological polar surface area (TPSA) is 21.3 Å². The molecule has 0 bridgehead atoms. The molecule has 2 heterocycles. The third-order valence-corrected chi connectivity index (χ3v) is 3.99. The van der Waals surface area contributed by atoms with Gasteiger partial charge < -0.3 is 10.1 Å². The van der Waals surface area contributed by atoms with Gasteiger partial charge in [0.2, 0.25) is 0 Å². The summed E-state index contributed by atoms with van der Waals surface area (Å²) in [6.07, 6.45) is 3.36. The molecular weight excluding hydrogens is 217 g/mol. The fraction of sp³-hybridized carbons (Fsp3) is 0.571. The zero-order valence-corrected chi connectivity index (χ0v) is 10.1. The van der Waals surface area contributed by atoms with Gasteiger partial charge in [0.15, 0.2) is 0 Å². The molecule has 2 aliphatic heterocycles. The van der Waals surface area contributed by atoms with Crippen LogP contribution in [-0.4, -0.2) is 12.6 Å². The lowest BCUT2D eigenvalue weighted by Crippen LogP contribution is -2.32. The van der Waals surface area contributed by atoms with Crippen LogP contribution in [0.1, 0.15) is 37.3 Å². The summed E-state index contributed by atoms with van der Waals surface area (Å²) >= 11 is 0. The van der Waals surface area contributed by atoms with E-state index in [1.807, 2.05) is 6.07 Å². The molecule has 0 saturated carbocycles. The quantitative estimate of drug-likeness (QED) is 0.851. The zero-order valence-electron chi connectivity index (χ0n) is 10.1. The van der Waals surface area contributed by atoms with Crippen LogP contribution in [0, 0.1) is 5.82 Å². The fourth-order valence-corrected chi connectivity index (χ4v) is 3.05. The molecule has 1 aromatic rings. The predicted molar refractivity (Wildman–Crippen MR) is 64.2 cm³/mol. The Hall–Kier alpha value is -0.930. The number of nitrogens with one attached hydrogen (secondary N) is 1. The Morgan fingerprint density at radius 2 is 2.41 bits per heavy atom. The summed E-state index contributed by atoms with van der Waals surface area (Å²) in [4.78, 5) is 0. The molecule has 17 heavy (non-hydrogen) atoms. The Morgan fingerprint density at radius 1 is 1.53 bits per heavy atom. The SMILES string of the molecule is CC1(CC2CCCN2)OCc2ccc(F)cc21. The van der Waals surface area contributed by atoms with E-state index in [4.69, 9.17) is 4.74 Å². The van der Waals surface area contributed by atoms with Crippen LogP contribution in [0.3, 0.4) is 0 Å². The van der Waals surface area contributed by atoms with Crippen molar-refractivity contribution < 1.29 is 9.13 Å². The van der Waals surface area contributed by atoms with E-state index >= 15 is 0 Å². The molecule has 2 nitrogen and oxygen atoms in total. The van der Waals surface area contributed by atoms with Crippen molar-refractivity contribution in [2.24, 2.45) is 0 Å². The van der Waals surface area contributed by atoms with Gasteiger partial charge in [0.1, 0.15) is 5.82 Å². The van der Waals surface area contributed by atoms with Gasteiger partial charge >= 0.3 is 0 Å². The highest BCUT2D eigenvalue weighted by Crippen LogP contribution is 2.40. The van der Waals surface area contributed by atoms with Gasteiger partial charge in [-0.2, -0.15) is 0 Å². The van der Waals surface area contributed by atoms with Gasteiger partial charge in [0.25, 0.3) is 0 Å². The van der Waals surface area contributed by atoms with Gasteiger partial charge in [0, 0.05) is 6.04 Å². The third-order valence-electron chi connectivity index (χ3n) is 3.99. The highest BCUT2D eigenvalue weighted by molar-refractivity contribution is 5.35. The van der Waals surface area contributed by atoms with Crippen LogP contribution in [0.4, 0.5) is 4.39 Å². The second kappa shape index (κ2) is 4.07. The van der Waals surface area contributed by atoms with E-state index in [2.05, 4.69) is 12.2 Å². The number of hydrogen-bond acceptors (Lipinski definition) is 2. The molecule has 0 aromatic heterocycles. The maximum absolute atomic E-state index is 13.3. The Morgan fingerprint density at radius 3 is 3.18 bits per heavy atom. The molecule has 2 aliphatic rings. The van der Waals surface area contributed by atoms with Crippen LogP contribution in [0.5, 0.6) is 0 Å². The summed E-state index contributed by atoms with van der Waals surface area (Å²) in [5.41, 5.74) is 1.84. The average Bonchev–Trinajstić information content (AvgIpc) is 2.89. The summed E-state index contributed by atoms with van der Waals surface area (Å²) in [6.45, 7) is 3.79. The Balaban J connectivity index is 1.87. The smallest absolute Gasteiger partial charge is 0.123 e. The molecule has 1 saturated heterocycles. The molecule has 2 atom stereocenters. The summed E-state index contributed by atoms with van der Waals surface area (Å²) < 4.78 is 19.3. The van der Waals surface area contributed by atoms with E-state index in [1.54, 1.807) is 6.07 Å². The molecule has 2 unspecified atom stereocenters. The van der Waals surface area contributed by atoms with Crippen molar-refractivity contribution >= 4 is 0 Å². The molecule has 1 aromatic carbocycles. The molecular formula is C14H18FNO. The van der Waals surface area contributed by atoms with Gasteiger partial charge in [-0.1, -0.05) is 6.07 Å². The predicted octanol–water partition coefficient (Wildman–Crippen LogP) is 2.71. The number of hydrogen-bond donors (Lipinski definition) is 1. The van der Waals surface area contributed by atoms with E-state index < -0.39 is 0 Å². The van der Waals surface area contributed by atoms with E-state index in [-0.39, 0.29) is 11.4 Å². The lowest BCUT2D eigenvalue weighted by molar-refractivity contribution is -0.0352. The first-order valence-electron chi connectivity index (χ1n) is 6.34. The van der Waals surface area contributed by atoms with Crippen molar-refractivity contribution in [3.63, 3.8) is 0 Å². The van der Waals surface area contributed by atoms with Crippen LogP contribution in [0.2, 0.25) is 0 Å². The highest BCUT2D eigenvalue weighted by atomic mass is 19.1. The van der Waals surface area contributed by atoms with Crippen LogP contribution in [0.15, 0.2) is 18.2 Å². The highest BCUT2D eigenvalue weighted by Gasteiger charge is 2.38. The monoisotopic (exact) mass is 235 g/mol. The van der Waals surface area contributed by atoms with E-state index in [0.717, 1.165) is 24.1 Å². The number of ether oxygens (including phenoxy) is 1. The summed E-state index contributed by atoms with van der Waals surface area (Å²) in [5.74, 6) is -0.167. The Bertz CT molecular complexity index is 428. The van der Waals surface area contributed by atoms with E-state index in [0.29, 0.717) is 12.6 Å². The second-order valence-electron chi connectivity index (χ2n) is 5.32. The molecule has 1 N–H and O–H groups in total. The van der Waals surface area contributed by atoms with Crippen molar-refractivity contribution in [3.05, 3.63) is 35.1 Å². The van der Waals surface area contributed by atoms with Crippen molar-refractivity contribution in [2.75, 3.05) is 6.54 Å². The van der Waals surface area contributed by atoms with E-state index in [9.17, 15) is 4.39 Å². The molecule has 3 rings (SSSR count). The minimum absolute atomic E-state index is 0.167. The number of benzene rings is 1. The molecule has 1 fully saturated rings. The van der Waals surface area contributed by atoms with Gasteiger partial charge in [-0.15, -0.1) is 0 Å². The lowest BCUT2D eigenvalue weighted by atomic mass is 9.87. The van der Waals surface area contributed by atoms with Crippen molar-refractivity contribution in [3.8, 4) is 0 Å². The van der Waals surface area contributed by atoms with Crippen molar-refractivity contribution in [1.82, 2.24) is 5.32 Å². The molecule has 0 spiro atoms. The molecule has 3 heteroatoms. The maximum atomic E-state index is 13.3. The second-order valence-corrected chi connectivity index (χ2v) is 5.32.